The molecule has 0 radical (unpaired) electrons. The molecule has 0 aromatic carbocycles. The third-order valence-corrected chi connectivity index (χ3v) is 4.45. The second-order valence-electron chi connectivity index (χ2n) is 5.27. The van der Waals surface area contributed by atoms with Crippen molar-refractivity contribution in [2.24, 2.45) is 11.7 Å². The molecule has 1 fully saturated rings. The monoisotopic (exact) mass is 228 g/mol. The molecule has 1 aliphatic rings. The molecule has 16 heavy (non-hydrogen) atoms. The Bertz CT molecular complexity index is 206. The van der Waals surface area contributed by atoms with Crippen molar-refractivity contribution in [3.8, 4) is 0 Å². The van der Waals surface area contributed by atoms with Crippen LogP contribution in [0.2, 0.25) is 0 Å². The van der Waals surface area contributed by atoms with Crippen LogP contribution in [0.1, 0.15) is 40.0 Å². The summed E-state index contributed by atoms with van der Waals surface area (Å²) >= 11 is 0. The number of nitrogens with two attached hydrogens (primary N) is 1. The Morgan fingerprint density at radius 3 is 2.44 bits per heavy atom. The molecule has 2 atom stereocenters. The largest absolute Gasteiger partial charge is 0.380 e. The fourth-order valence-electron chi connectivity index (χ4n) is 2.49. The van der Waals surface area contributed by atoms with E-state index in [0.29, 0.717) is 6.54 Å². The zero-order chi connectivity index (χ0) is 12.2. The number of nitrogens with zero attached hydrogens (tertiary/aromatic N) is 1. The minimum Gasteiger partial charge on any atom is -0.380 e. The smallest absolute Gasteiger partial charge is 0.0736 e. The summed E-state index contributed by atoms with van der Waals surface area (Å²) in [6, 6.07) is 0. The van der Waals surface area contributed by atoms with E-state index in [1.54, 1.807) is 7.11 Å². The highest BCUT2D eigenvalue weighted by molar-refractivity contribution is 4.94. The maximum Gasteiger partial charge on any atom is 0.0736 e. The van der Waals surface area contributed by atoms with Crippen molar-refractivity contribution < 1.29 is 4.74 Å². The van der Waals surface area contributed by atoms with Crippen LogP contribution in [-0.2, 0) is 4.74 Å². The molecule has 96 valence electrons. The van der Waals surface area contributed by atoms with Gasteiger partial charge in [-0.2, -0.15) is 0 Å². The van der Waals surface area contributed by atoms with Crippen LogP contribution in [0.25, 0.3) is 0 Å². The lowest BCUT2D eigenvalue weighted by molar-refractivity contribution is -0.0397. The first-order chi connectivity index (χ1) is 7.58. The first-order valence-corrected chi connectivity index (χ1v) is 6.56. The molecule has 0 aromatic rings. The molecule has 0 saturated heterocycles. The first kappa shape index (κ1) is 13.9. The third kappa shape index (κ3) is 2.76. The van der Waals surface area contributed by atoms with Gasteiger partial charge in [-0.3, -0.25) is 4.90 Å². The highest BCUT2D eigenvalue weighted by Crippen LogP contribution is 2.30. The Balaban J connectivity index is 2.64. The summed E-state index contributed by atoms with van der Waals surface area (Å²) in [7, 11) is 1.77. The van der Waals surface area contributed by atoms with E-state index in [0.717, 1.165) is 12.5 Å². The van der Waals surface area contributed by atoms with E-state index in [4.69, 9.17) is 10.5 Å². The predicted molar refractivity (Wildman–Crippen MR) is 68.5 cm³/mol. The Labute approximate surface area is 100 Å². The molecule has 3 nitrogen and oxygen atoms in total. The van der Waals surface area contributed by atoms with Gasteiger partial charge in [0, 0.05) is 20.2 Å². The topological polar surface area (TPSA) is 38.5 Å². The van der Waals surface area contributed by atoms with Gasteiger partial charge in [0.25, 0.3) is 0 Å². The zero-order valence-electron chi connectivity index (χ0n) is 11.3. The second kappa shape index (κ2) is 5.99. The van der Waals surface area contributed by atoms with Gasteiger partial charge < -0.3 is 10.5 Å². The number of hydrogen-bond acceptors (Lipinski definition) is 3. The molecule has 0 spiro atoms. The van der Waals surface area contributed by atoms with Crippen molar-refractivity contribution in [2.75, 3.05) is 26.7 Å². The van der Waals surface area contributed by atoms with Crippen LogP contribution in [0.5, 0.6) is 0 Å². The van der Waals surface area contributed by atoms with Gasteiger partial charge in [0.1, 0.15) is 0 Å². The molecule has 2 N–H and O–H groups in total. The van der Waals surface area contributed by atoms with E-state index in [1.807, 2.05) is 0 Å². The molecule has 0 heterocycles. The van der Waals surface area contributed by atoms with Crippen LogP contribution in [0.15, 0.2) is 0 Å². The van der Waals surface area contributed by atoms with Gasteiger partial charge >= 0.3 is 0 Å². The van der Waals surface area contributed by atoms with Crippen molar-refractivity contribution in [3.63, 3.8) is 0 Å². The minimum atomic E-state index is -0.0287. The molecule has 1 saturated carbocycles. The van der Waals surface area contributed by atoms with E-state index >= 15 is 0 Å². The summed E-state index contributed by atoms with van der Waals surface area (Å²) in [5.41, 5.74) is 5.94. The van der Waals surface area contributed by atoms with E-state index in [2.05, 4.69) is 25.7 Å². The SMILES string of the molecule is CCN(CC1CCC1)C(C)(CN)C(C)OC. The van der Waals surface area contributed by atoms with Crippen LogP contribution >= 0.6 is 0 Å². The summed E-state index contributed by atoms with van der Waals surface area (Å²) in [5, 5.41) is 0. The van der Waals surface area contributed by atoms with Gasteiger partial charge in [0.2, 0.25) is 0 Å². The average Bonchev–Trinajstić information content (AvgIpc) is 2.25. The van der Waals surface area contributed by atoms with Gasteiger partial charge in [0.05, 0.1) is 11.6 Å². The second-order valence-corrected chi connectivity index (χ2v) is 5.27. The number of ether oxygens (including phenoxy) is 1. The molecule has 1 rings (SSSR count). The lowest BCUT2D eigenvalue weighted by Gasteiger charge is -2.46. The average molecular weight is 228 g/mol. The maximum absolute atomic E-state index is 5.97. The molecular weight excluding hydrogens is 200 g/mol. The lowest BCUT2D eigenvalue weighted by Crippen LogP contribution is -2.60. The summed E-state index contributed by atoms with van der Waals surface area (Å²) in [4.78, 5) is 2.50. The number of rotatable bonds is 7. The van der Waals surface area contributed by atoms with Gasteiger partial charge in [-0.25, -0.2) is 0 Å². The van der Waals surface area contributed by atoms with Crippen molar-refractivity contribution in [1.82, 2.24) is 4.90 Å². The Hall–Kier alpha value is -0.120. The van der Waals surface area contributed by atoms with Gasteiger partial charge in [-0.05, 0) is 39.2 Å². The highest BCUT2D eigenvalue weighted by atomic mass is 16.5. The fourth-order valence-corrected chi connectivity index (χ4v) is 2.49. The van der Waals surface area contributed by atoms with E-state index < -0.39 is 0 Å². The van der Waals surface area contributed by atoms with Crippen LogP contribution < -0.4 is 5.73 Å². The van der Waals surface area contributed by atoms with Crippen molar-refractivity contribution in [2.45, 2.75) is 51.7 Å². The van der Waals surface area contributed by atoms with Gasteiger partial charge in [0.15, 0.2) is 0 Å². The van der Waals surface area contributed by atoms with Crippen LogP contribution in [0.3, 0.4) is 0 Å². The van der Waals surface area contributed by atoms with E-state index in [1.165, 1.54) is 25.8 Å². The molecule has 2 unspecified atom stereocenters. The van der Waals surface area contributed by atoms with Gasteiger partial charge in [-0.15, -0.1) is 0 Å². The predicted octanol–water partition coefficient (Wildman–Crippen LogP) is 1.86. The lowest BCUT2D eigenvalue weighted by atomic mass is 9.83. The number of hydrogen-bond donors (Lipinski definition) is 1. The summed E-state index contributed by atoms with van der Waals surface area (Å²) in [6.45, 7) is 9.45. The normalized spacial score (nSPS) is 22.9. The van der Waals surface area contributed by atoms with Gasteiger partial charge in [-0.1, -0.05) is 13.3 Å². The summed E-state index contributed by atoms with van der Waals surface area (Å²) < 4.78 is 5.50. The Morgan fingerprint density at radius 2 is 2.12 bits per heavy atom. The molecule has 0 bridgehead atoms. The maximum atomic E-state index is 5.97. The molecule has 0 amide bonds. The standard InChI is InChI=1S/C13H28N2O/c1-5-15(9-12-7-6-8-12)13(3,10-14)11(2)16-4/h11-12H,5-10,14H2,1-4H3. The van der Waals surface area contributed by atoms with Crippen molar-refractivity contribution in [3.05, 3.63) is 0 Å². The van der Waals surface area contributed by atoms with Crippen LogP contribution in [0, 0.1) is 5.92 Å². The van der Waals surface area contributed by atoms with Crippen LogP contribution in [0.4, 0.5) is 0 Å². The van der Waals surface area contributed by atoms with E-state index in [9.17, 15) is 0 Å². The third-order valence-electron chi connectivity index (χ3n) is 4.45. The Kier molecular flexibility index (Phi) is 5.22. The molecular formula is C13H28N2O. The minimum absolute atomic E-state index is 0.0287. The summed E-state index contributed by atoms with van der Waals surface area (Å²) in [6.07, 6.45) is 4.36. The fraction of sp³-hybridized carbons (Fsp3) is 1.00. The molecule has 0 aromatic heterocycles. The summed E-state index contributed by atoms with van der Waals surface area (Å²) in [5.74, 6) is 0.884. The molecule has 1 aliphatic carbocycles. The van der Waals surface area contributed by atoms with Crippen molar-refractivity contribution >= 4 is 0 Å². The quantitative estimate of drug-likeness (QED) is 0.723. The zero-order valence-corrected chi connectivity index (χ0v) is 11.3. The number of likely N-dealkylation sites (N-methyl/N-ethyl adjacent to an activating group) is 1. The highest BCUT2D eigenvalue weighted by Gasteiger charge is 2.37. The van der Waals surface area contributed by atoms with Crippen LogP contribution in [-0.4, -0.2) is 43.3 Å². The first-order valence-electron chi connectivity index (χ1n) is 6.56. The van der Waals surface area contributed by atoms with E-state index in [-0.39, 0.29) is 11.6 Å². The number of methoxy groups -OCH3 is 1. The Morgan fingerprint density at radius 1 is 1.50 bits per heavy atom. The molecule has 0 aliphatic heterocycles. The van der Waals surface area contributed by atoms with Crippen molar-refractivity contribution in [1.29, 1.82) is 0 Å². The molecule has 3 heteroatoms.